The highest BCUT2D eigenvalue weighted by atomic mass is 16.5. The molecule has 7 heavy (non-hydrogen) atoms. The fraction of sp³-hybridized carbons (Fsp3) is 0.333. The Labute approximate surface area is 40.5 Å². The van der Waals surface area contributed by atoms with Gasteiger partial charge in [-0.1, -0.05) is 5.10 Å². The topological polar surface area (TPSA) is 50.8 Å². The van der Waals surface area contributed by atoms with Crippen LogP contribution in [0, 0.1) is 0 Å². The number of hydrogen-bond donors (Lipinski definition) is 1. The molecular formula is C3H5N3O. The van der Waals surface area contributed by atoms with E-state index in [4.69, 9.17) is 0 Å². The Morgan fingerprint density at radius 1 is 1.86 bits per heavy atom. The Morgan fingerprint density at radius 3 is 3.00 bits per heavy atom. The lowest BCUT2D eigenvalue weighted by Crippen LogP contribution is -1.82. The number of H-pyrrole nitrogens is 1. The van der Waals surface area contributed by atoms with Crippen LogP contribution in [0.3, 0.4) is 0 Å². The van der Waals surface area contributed by atoms with Gasteiger partial charge in [-0.25, -0.2) is 0 Å². The normalized spacial score (nSPS) is 8.71. The SMILES string of the molecule is COc1nnc[nH]1. The third-order valence-corrected chi connectivity index (χ3v) is 0.588. The lowest BCUT2D eigenvalue weighted by molar-refractivity contribution is 0.382. The quantitative estimate of drug-likeness (QED) is 0.531. The minimum atomic E-state index is 0.444. The minimum Gasteiger partial charge on any atom is -0.467 e. The highest BCUT2D eigenvalue weighted by molar-refractivity contribution is 4.83. The van der Waals surface area contributed by atoms with Crippen molar-refractivity contribution in [3.05, 3.63) is 6.33 Å². The summed E-state index contributed by atoms with van der Waals surface area (Å²) in [4.78, 5) is 2.64. The average molecular weight is 99.1 g/mol. The maximum absolute atomic E-state index is 4.62. The molecule has 0 atom stereocenters. The van der Waals surface area contributed by atoms with Gasteiger partial charge in [0.15, 0.2) is 0 Å². The van der Waals surface area contributed by atoms with E-state index in [-0.39, 0.29) is 0 Å². The molecular weight excluding hydrogens is 94.1 g/mol. The monoisotopic (exact) mass is 99.0 g/mol. The predicted molar refractivity (Wildman–Crippen MR) is 22.9 cm³/mol. The molecule has 1 aromatic heterocycles. The van der Waals surface area contributed by atoms with Gasteiger partial charge in [0.1, 0.15) is 6.33 Å². The molecule has 1 rings (SSSR count). The molecule has 4 heteroatoms. The van der Waals surface area contributed by atoms with Gasteiger partial charge in [-0.2, -0.15) is 0 Å². The molecule has 0 aliphatic rings. The first-order chi connectivity index (χ1) is 3.43. The van der Waals surface area contributed by atoms with E-state index in [1.165, 1.54) is 13.4 Å². The van der Waals surface area contributed by atoms with Crippen molar-refractivity contribution in [3.8, 4) is 6.01 Å². The molecule has 0 saturated heterocycles. The molecule has 38 valence electrons. The maximum atomic E-state index is 4.62. The highest BCUT2D eigenvalue weighted by Gasteiger charge is 1.85. The van der Waals surface area contributed by atoms with Crippen molar-refractivity contribution >= 4 is 0 Å². The van der Waals surface area contributed by atoms with Crippen molar-refractivity contribution in [3.63, 3.8) is 0 Å². The molecule has 0 unspecified atom stereocenters. The number of methoxy groups -OCH3 is 1. The molecule has 0 amide bonds. The Morgan fingerprint density at radius 2 is 2.71 bits per heavy atom. The van der Waals surface area contributed by atoms with Crippen LogP contribution in [0.5, 0.6) is 6.01 Å². The van der Waals surface area contributed by atoms with Crippen LogP contribution in [-0.2, 0) is 0 Å². The summed E-state index contributed by atoms with van der Waals surface area (Å²) in [6.45, 7) is 0. The smallest absolute Gasteiger partial charge is 0.313 e. The number of nitrogens with zero attached hydrogens (tertiary/aromatic N) is 2. The third-order valence-electron chi connectivity index (χ3n) is 0.588. The van der Waals surface area contributed by atoms with E-state index in [0.717, 1.165) is 0 Å². The van der Waals surface area contributed by atoms with Crippen LogP contribution in [0.15, 0.2) is 6.33 Å². The van der Waals surface area contributed by atoms with E-state index in [1.807, 2.05) is 0 Å². The van der Waals surface area contributed by atoms with Gasteiger partial charge in [-0.3, -0.25) is 4.98 Å². The second kappa shape index (κ2) is 1.59. The highest BCUT2D eigenvalue weighted by Crippen LogP contribution is 1.90. The minimum absolute atomic E-state index is 0.444. The maximum Gasteiger partial charge on any atom is 0.313 e. The van der Waals surface area contributed by atoms with Crippen molar-refractivity contribution in [2.75, 3.05) is 7.11 Å². The summed E-state index contributed by atoms with van der Waals surface area (Å²) in [5.74, 6) is 0. The van der Waals surface area contributed by atoms with E-state index in [2.05, 4.69) is 19.9 Å². The number of rotatable bonds is 1. The first-order valence-electron chi connectivity index (χ1n) is 1.83. The zero-order chi connectivity index (χ0) is 5.11. The Hall–Kier alpha value is -1.06. The van der Waals surface area contributed by atoms with Crippen LogP contribution in [0.1, 0.15) is 0 Å². The van der Waals surface area contributed by atoms with E-state index in [0.29, 0.717) is 6.01 Å². The Balaban J connectivity index is 2.76. The summed E-state index contributed by atoms with van der Waals surface area (Å²) in [5, 5.41) is 6.97. The van der Waals surface area contributed by atoms with E-state index in [9.17, 15) is 0 Å². The fourth-order valence-corrected chi connectivity index (χ4v) is 0.294. The van der Waals surface area contributed by atoms with Crippen molar-refractivity contribution < 1.29 is 4.74 Å². The van der Waals surface area contributed by atoms with Crippen LogP contribution in [0.25, 0.3) is 0 Å². The second-order valence-corrected chi connectivity index (χ2v) is 0.998. The van der Waals surface area contributed by atoms with Gasteiger partial charge in [0.2, 0.25) is 0 Å². The van der Waals surface area contributed by atoms with Gasteiger partial charge >= 0.3 is 6.01 Å². The molecule has 1 N–H and O–H groups in total. The number of aromatic nitrogens is 3. The largest absolute Gasteiger partial charge is 0.467 e. The van der Waals surface area contributed by atoms with Crippen LogP contribution < -0.4 is 4.74 Å². The zero-order valence-electron chi connectivity index (χ0n) is 3.88. The van der Waals surface area contributed by atoms with Crippen LogP contribution in [0.4, 0.5) is 0 Å². The molecule has 0 aliphatic carbocycles. The molecule has 1 aromatic rings. The van der Waals surface area contributed by atoms with E-state index >= 15 is 0 Å². The Bertz CT molecular complexity index is 125. The standard InChI is InChI=1S/C3H5N3O/c1-7-3-4-2-5-6-3/h2H,1H3,(H,4,5,6). The number of ether oxygens (including phenoxy) is 1. The molecule has 1 heterocycles. The summed E-state index contributed by atoms with van der Waals surface area (Å²) < 4.78 is 4.62. The number of hydrogen-bond acceptors (Lipinski definition) is 3. The molecule has 0 fully saturated rings. The van der Waals surface area contributed by atoms with E-state index in [1.54, 1.807) is 0 Å². The van der Waals surface area contributed by atoms with Crippen LogP contribution in [-0.4, -0.2) is 22.3 Å². The number of aromatic amines is 1. The lowest BCUT2D eigenvalue weighted by Gasteiger charge is -1.83. The summed E-state index contributed by atoms with van der Waals surface area (Å²) >= 11 is 0. The van der Waals surface area contributed by atoms with Crippen molar-refractivity contribution in [2.45, 2.75) is 0 Å². The summed E-state index contributed by atoms with van der Waals surface area (Å²) in [6.07, 6.45) is 1.46. The summed E-state index contributed by atoms with van der Waals surface area (Å²) in [7, 11) is 1.53. The van der Waals surface area contributed by atoms with Crippen molar-refractivity contribution in [1.82, 2.24) is 15.2 Å². The number of nitrogens with one attached hydrogen (secondary N) is 1. The van der Waals surface area contributed by atoms with Gasteiger partial charge in [0, 0.05) is 0 Å². The predicted octanol–water partition coefficient (Wildman–Crippen LogP) is -0.187. The van der Waals surface area contributed by atoms with Gasteiger partial charge in [0.25, 0.3) is 0 Å². The van der Waals surface area contributed by atoms with Gasteiger partial charge in [0.05, 0.1) is 7.11 Å². The van der Waals surface area contributed by atoms with Crippen molar-refractivity contribution in [1.29, 1.82) is 0 Å². The van der Waals surface area contributed by atoms with Gasteiger partial charge in [-0.05, 0) is 0 Å². The molecule has 0 aromatic carbocycles. The summed E-state index contributed by atoms with van der Waals surface area (Å²) in [5.41, 5.74) is 0. The molecule has 0 bridgehead atoms. The molecule has 0 spiro atoms. The van der Waals surface area contributed by atoms with Gasteiger partial charge < -0.3 is 4.74 Å². The Kier molecular flexibility index (Phi) is 0.934. The average Bonchev–Trinajstić information content (AvgIpc) is 2.14. The lowest BCUT2D eigenvalue weighted by atomic mass is 11.2. The van der Waals surface area contributed by atoms with E-state index < -0.39 is 0 Å². The first kappa shape index (κ1) is 4.11. The second-order valence-electron chi connectivity index (χ2n) is 0.998. The fourth-order valence-electron chi connectivity index (χ4n) is 0.294. The molecule has 4 nitrogen and oxygen atoms in total. The molecule has 0 saturated carbocycles. The molecule has 0 radical (unpaired) electrons. The van der Waals surface area contributed by atoms with Gasteiger partial charge in [-0.15, -0.1) is 5.10 Å². The first-order valence-corrected chi connectivity index (χ1v) is 1.83. The van der Waals surface area contributed by atoms with Crippen LogP contribution in [0.2, 0.25) is 0 Å². The van der Waals surface area contributed by atoms with Crippen molar-refractivity contribution in [2.24, 2.45) is 0 Å². The third kappa shape index (κ3) is 0.677. The zero-order valence-corrected chi connectivity index (χ0v) is 3.88. The summed E-state index contributed by atoms with van der Waals surface area (Å²) in [6, 6.07) is 0.444. The van der Waals surface area contributed by atoms with Crippen LogP contribution >= 0.6 is 0 Å². The molecule has 0 aliphatic heterocycles.